The molecule has 1 rings (SSSR count). The van der Waals surface area contributed by atoms with Crippen LogP contribution in [0.3, 0.4) is 0 Å². The van der Waals surface area contributed by atoms with Crippen LogP contribution < -0.4 is 4.74 Å². The van der Waals surface area contributed by atoms with Crippen LogP contribution in [0.5, 0.6) is 5.88 Å². The second-order valence-electron chi connectivity index (χ2n) is 4.95. The van der Waals surface area contributed by atoms with Gasteiger partial charge in [-0.05, 0) is 25.9 Å². The molecular formula is C13H19NO4. The molecule has 5 heteroatoms. The zero-order valence-electron chi connectivity index (χ0n) is 11.4. The van der Waals surface area contributed by atoms with Gasteiger partial charge in [0.25, 0.3) is 5.88 Å². The molecular weight excluding hydrogens is 234 g/mol. The lowest BCUT2D eigenvalue weighted by molar-refractivity contribution is -0.148. The number of rotatable bonds is 4. The number of carbonyl (C=O) groups is 1. The molecule has 0 aliphatic carbocycles. The summed E-state index contributed by atoms with van der Waals surface area (Å²) in [7, 11) is 1.52. The molecule has 0 aliphatic rings. The molecule has 100 valence electrons. The van der Waals surface area contributed by atoms with E-state index in [4.69, 9.17) is 14.0 Å². The van der Waals surface area contributed by atoms with Crippen LogP contribution >= 0.6 is 0 Å². The van der Waals surface area contributed by atoms with Gasteiger partial charge in [0.05, 0.1) is 7.11 Å². The maximum atomic E-state index is 11.5. The van der Waals surface area contributed by atoms with Crippen molar-refractivity contribution in [2.45, 2.75) is 39.2 Å². The molecule has 0 aromatic carbocycles. The molecule has 1 atom stereocenters. The van der Waals surface area contributed by atoms with Crippen LogP contribution in [0.15, 0.2) is 22.7 Å². The fourth-order valence-corrected chi connectivity index (χ4v) is 1.24. The number of allylic oxidation sites excluding steroid dienone is 1. The predicted molar refractivity (Wildman–Crippen MR) is 66.5 cm³/mol. The fraction of sp³-hybridized carbons (Fsp3) is 0.538. The quantitative estimate of drug-likeness (QED) is 0.610. The summed E-state index contributed by atoms with van der Waals surface area (Å²) in [5, 5.41) is 3.69. The number of hydrogen-bond acceptors (Lipinski definition) is 5. The van der Waals surface area contributed by atoms with Gasteiger partial charge in [0, 0.05) is 18.1 Å². The molecule has 0 amide bonds. The van der Waals surface area contributed by atoms with E-state index >= 15 is 0 Å². The summed E-state index contributed by atoms with van der Waals surface area (Å²) in [6.07, 6.45) is 3.10. The molecule has 0 aliphatic heterocycles. The van der Waals surface area contributed by atoms with Gasteiger partial charge >= 0.3 is 5.97 Å². The zero-order valence-corrected chi connectivity index (χ0v) is 11.4. The normalized spacial score (nSPS) is 13.6. The molecule has 1 heterocycles. The molecule has 0 radical (unpaired) electrons. The number of nitrogens with zero attached hydrogens (tertiary/aromatic N) is 1. The number of aromatic nitrogens is 1. The zero-order chi connectivity index (χ0) is 13.8. The van der Waals surface area contributed by atoms with Crippen LogP contribution in [-0.4, -0.2) is 23.8 Å². The highest BCUT2D eigenvalue weighted by Crippen LogP contribution is 2.21. The van der Waals surface area contributed by atoms with Crippen molar-refractivity contribution in [3.63, 3.8) is 0 Å². The second-order valence-corrected chi connectivity index (χ2v) is 4.95. The van der Waals surface area contributed by atoms with Gasteiger partial charge in [-0.25, -0.2) is 4.79 Å². The first kappa shape index (κ1) is 14.3. The Labute approximate surface area is 107 Å². The van der Waals surface area contributed by atoms with E-state index in [2.05, 4.69) is 5.16 Å². The standard InChI is InChI=1S/C13H19NO4/c1-9(10-8-11(16-5)14-18-10)6-7-12(15)17-13(2,3)4/h6-9H,1-5H3/b7-6-. The number of carbonyl (C=O) groups excluding carboxylic acids is 1. The van der Waals surface area contributed by atoms with E-state index in [1.54, 1.807) is 12.1 Å². The van der Waals surface area contributed by atoms with Gasteiger partial charge in [-0.3, -0.25) is 0 Å². The minimum atomic E-state index is -0.486. The predicted octanol–water partition coefficient (Wildman–Crippen LogP) is 2.68. The van der Waals surface area contributed by atoms with Crippen LogP contribution in [0.25, 0.3) is 0 Å². The molecule has 18 heavy (non-hydrogen) atoms. The minimum absolute atomic E-state index is 0.0751. The maximum absolute atomic E-state index is 11.5. The Bertz CT molecular complexity index is 428. The van der Waals surface area contributed by atoms with Crippen LogP contribution in [-0.2, 0) is 9.53 Å². The first-order valence-corrected chi connectivity index (χ1v) is 5.73. The fourth-order valence-electron chi connectivity index (χ4n) is 1.24. The van der Waals surface area contributed by atoms with E-state index in [-0.39, 0.29) is 11.9 Å². The number of ether oxygens (including phenoxy) is 2. The average Bonchev–Trinajstić information content (AvgIpc) is 2.72. The van der Waals surface area contributed by atoms with Crippen molar-refractivity contribution in [2.24, 2.45) is 0 Å². The summed E-state index contributed by atoms with van der Waals surface area (Å²) in [5.41, 5.74) is -0.486. The van der Waals surface area contributed by atoms with Gasteiger partial charge in [-0.15, -0.1) is 0 Å². The Kier molecular flexibility index (Phi) is 4.53. The Morgan fingerprint density at radius 2 is 2.17 bits per heavy atom. The summed E-state index contributed by atoms with van der Waals surface area (Å²) < 4.78 is 15.1. The van der Waals surface area contributed by atoms with Crippen molar-refractivity contribution >= 4 is 5.97 Å². The van der Waals surface area contributed by atoms with Crippen molar-refractivity contribution in [1.82, 2.24) is 5.16 Å². The SMILES string of the molecule is COc1cc(C(C)/C=C\C(=O)OC(C)(C)C)on1. The van der Waals surface area contributed by atoms with Crippen LogP contribution in [0.1, 0.15) is 39.4 Å². The Hall–Kier alpha value is -1.78. The minimum Gasteiger partial charge on any atom is -0.479 e. The molecule has 1 unspecified atom stereocenters. The molecule has 1 aromatic heterocycles. The largest absolute Gasteiger partial charge is 0.479 e. The third-order valence-corrected chi connectivity index (χ3v) is 2.09. The summed E-state index contributed by atoms with van der Waals surface area (Å²) >= 11 is 0. The summed E-state index contributed by atoms with van der Waals surface area (Å²) in [4.78, 5) is 11.5. The van der Waals surface area contributed by atoms with E-state index < -0.39 is 5.60 Å². The highest BCUT2D eigenvalue weighted by molar-refractivity contribution is 5.82. The molecule has 0 bridgehead atoms. The second kappa shape index (κ2) is 5.71. The smallest absolute Gasteiger partial charge is 0.330 e. The molecule has 5 nitrogen and oxygen atoms in total. The monoisotopic (exact) mass is 253 g/mol. The lowest BCUT2D eigenvalue weighted by Crippen LogP contribution is -2.22. The summed E-state index contributed by atoms with van der Waals surface area (Å²) in [6, 6.07) is 1.68. The van der Waals surface area contributed by atoms with Crippen molar-refractivity contribution < 1.29 is 18.8 Å². The van der Waals surface area contributed by atoms with Gasteiger partial charge in [-0.1, -0.05) is 13.0 Å². The Morgan fingerprint density at radius 1 is 1.50 bits per heavy atom. The topological polar surface area (TPSA) is 61.6 Å². The van der Waals surface area contributed by atoms with Gasteiger partial charge < -0.3 is 14.0 Å². The molecule has 0 N–H and O–H groups in total. The molecule has 0 fully saturated rings. The van der Waals surface area contributed by atoms with Crippen LogP contribution in [0.2, 0.25) is 0 Å². The van der Waals surface area contributed by atoms with E-state index in [1.165, 1.54) is 13.2 Å². The van der Waals surface area contributed by atoms with E-state index in [9.17, 15) is 4.79 Å². The van der Waals surface area contributed by atoms with Crippen molar-refractivity contribution in [2.75, 3.05) is 7.11 Å². The maximum Gasteiger partial charge on any atom is 0.330 e. The van der Waals surface area contributed by atoms with Crippen molar-refractivity contribution in [1.29, 1.82) is 0 Å². The summed E-state index contributed by atoms with van der Waals surface area (Å²) in [6.45, 7) is 7.36. The van der Waals surface area contributed by atoms with Crippen molar-refractivity contribution in [3.8, 4) is 5.88 Å². The van der Waals surface area contributed by atoms with E-state index in [1.807, 2.05) is 27.7 Å². The summed E-state index contributed by atoms with van der Waals surface area (Å²) in [5.74, 6) is 0.601. The van der Waals surface area contributed by atoms with Gasteiger partial charge in [-0.2, -0.15) is 0 Å². The van der Waals surface area contributed by atoms with Gasteiger partial charge in [0.2, 0.25) is 0 Å². The Morgan fingerprint density at radius 3 is 2.67 bits per heavy atom. The molecule has 0 saturated heterocycles. The number of methoxy groups -OCH3 is 1. The van der Waals surface area contributed by atoms with Crippen LogP contribution in [0, 0.1) is 0 Å². The molecule has 0 spiro atoms. The van der Waals surface area contributed by atoms with Crippen molar-refractivity contribution in [3.05, 3.63) is 24.0 Å². The lowest BCUT2D eigenvalue weighted by Gasteiger charge is -2.18. The number of hydrogen-bond donors (Lipinski definition) is 0. The average molecular weight is 253 g/mol. The molecule has 0 saturated carbocycles. The number of esters is 1. The third kappa shape index (κ3) is 4.61. The van der Waals surface area contributed by atoms with Gasteiger partial charge in [0.1, 0.15) is 11.4 Å². The van der Waals surface area contributed by atoms with Crippen LogP contribution in [0.4, 0.5) is 0 Å². The highest BCUT2D eigenvalue weighted by Gasteiger charge is 2.15. The van der Waals surface area contributed by atoms with Gasteiger partial charge in [0.15, 0.2) is 0 Å². The first-order chi connectivity index (χ1) is 8.31. The van der Waals surface area contributed by atoms with E-state index in [0.717, 1.165) is 0 Å². The highest BCUT2D eigenvalue weighted by atomic mass is 16.6. The Balaban J connectivity index is 2.58. The first-order valence-electron chi connectivity index (χ1n) is 5.73. The van der Waals surface area contributed by atoms with E-state index in [0.29, 0.717) is 11.6 Å². The lowest BCUT2D eigenvalue weighted by atomic mass is 10.1. The molecule has 1 aromatic rings. The third-order valence-electron chi connectivity index (χ3n) is 2.09.